The summed E-state index contributed by atoms with van der Waals surface area (Å²) in [7, 11) is 0. The minimum atomic E-state index is -0.150. The molecule has 0 spiro atoms. The highest BCUT2D eigenvalue weighted by molar-refractivity contribution is 5.97. The van der Waals surface area contributed by atoms with Crippen molar-refractivity contribution in [3.05, 3.63) is 48.2 Å². The number of piperidine rings is 1. The molecule has 4 heterocycles. The summed E-state index contributed by atoms with van der Waals surface area (Å²) in [5.74, 6) is 0.0953. The molecular weight excluding hydrogens is 358 g/mol. The van der Waals surface area contributed by atoms with E-state index >= 15 is 0 Å². The third kappa shape index (κ3) is 3.49. The first-order chi connectivity index (χ1) is 13.5. The van der Waals surface area contributed by atoms with Gasteiger partial charge >= 0.3 is 0 Å². The van der Waals surface area contributed by atoms with E-state index < -0.39 is 0 Å². The molecule has 8 heteroatoms. The van der Waals surface area contributed by atoms with Crippen molar-refractivity contribution < 1.29 is 14.0 Å². The van der Waals surface area contributed by atoms with Gasteiger partial charge in [-0.2, -0.15) is 5.10 Å². The zero-order chi connectivity index (χ0) is 19.7. The molecular formula is C20H23N5O3. The number of hydrogen-bond acceptors (Lipinski definition) is 5. The molecule has 0 saturated carbocycles. The summed E-state index contributed by atoms with van der Waals surface area (Å²) in [5, 5.41) is 8.24. The average Bonchev–Trinajstić information content (AvgIpc) is 3.37. The first kappa shape index (κ1) is 18.2. The van der Waals surface area contributed by atoms with Crippen LogP contribution in [0.5, 0.6) is 0 Å². The number of amides is 2. The minimum absolute atomic E-state index is 0.0298. The number of carbonyl (C=O) groups excluding carboxylic acids is 2. The average molecular weight is 381 g/mol. The number of aromatic nitrogens is 3. The van der Waals surface area contributed by atoms with Crippen molar-refractivity contribution in [2.24, 2.45) is 0 Å². The van der Waals surface area contributed by atoms with Gasteiger partial charge in [-0.1, -0.05) is 0 Å². The van der Waals surface area contributed by atoms with Crippen LogP contribution in [-0.4, -0.2) is 50.6 Å². The Bertz CT molecular complexity index is 985. The number of rotatable bonds is 4. The topological polar surface area (TPSA) is 93.3 Å². The summed E-state index contributed by atoms with van der Waals surface area (Å²) >= 11 is 0. The van der Waals surface area contributed by atoms with E-state index in [1.165, 1.54) is 6.26 Å². The van der Waals surface area contributed by atoms with Gasteiger partial charge in [0.1, 0.15) is 0 Å². The van der Waals surface area contributed by atoms with Crippen LogP contribution in [0.1, 0.15) is 53.6 Å². The Morgan fingerprint density at radius 3 is 2.71 bits per heavy atom. The predicted molar refractivity (Wildman–Crippen MR) is 103 cm³/mol. The van der Waals surface area contributed by atoms with Crippen molar-refractivity contribution in [1.82, 2.24) is 25.0 Å². The summed E-state index contributed by atoms with van der Waals surface area (Å²) < 4.78 is 7.01. The largest absolute Gasteiger partial charge is 0.459 e. The van der Waals surface area contributed by atoms with E-state index in [1.807, 2.05) is 24.6 Å². The van der Waals surface area contributed by atoms with Crippen LogP contribution in [0.3, 0.4) is 0 Å². The van der Waals surface area contributed by atoms with Gasteiger partial charge in [0, 0.05) is 36.8 Å². The van der Waals surface area contributed by atoms with E-state index in [0.29, 0.717) is 37.3 Å². The van der Waals surface area contributed by atoms with Gasteiger partial charge < -0.3 is 14.6 Å². The molecule has 3 aromatic rings. The Balaban J connectivity index is 1.37. The minimum Gasteiger partial charge on any atom is -0.459 e. The number of likely N-dealkylation sites (tertiary alicyclic amines) is 1. The van der Waals surface area contributed by atoms with E-state index in [9.17, 15) is 9.59 Å². The highest BCUT2D eigenvalue weighted by Gasteiger charge is 2.26. The van der Waals surface area contributed by atoms with Crippen molar-refractivity contribution >= 4 is 22.8 Å². The first-order valence-corrected chi connectivity index (χ1v) is 9.50. The van der Waals surface area contributed by atoms with Gasteiger partial charge in [0.05, 0.1) is 18.0 Å². The molecule has 0 aromatic carbocycles. The lowest BCUT2D eigenvalue weighted by atomic mass is 10.0. The Morgan fingerprint density at radius 1 is 1.25 bits per heavy atom. The smallest absolute Gasteiger partial charge is 0.289 e. The lowest BCUT2D eigenvalue weighted by Crippen LogP contribution is -2.46. The molecule has 1 fully saturated rings. The number of nitrogens with zero attached hydrogens (tertiary/aromatic N) is 4. The van der Waals surface area contributed by atoms with Crippen LogP contribution in [0.2, 0.25) is 0 Å². The number of hydrogen-bond donors (Lipinski definition) is 1. The molecule has 0 unspecified atom stereocenters. The fourth-order valence-corrected chi connectivity index (χ4v) is 3.49. The summed E-state index contributed by atoms with van der Waals surface area (Å²) in [6.07, 6.45) is 6.24. The van der Waals surface area contributed by atoms with Crippen LogP contribution in [0, 0.1) is 0 Å². The molecule has 0 aliphatic carbocycles. The van der Waals surface area contributed by atoms with Crippen molar-refractivity contribution in [3.8, 4) is 0 Å². The lowest BCUT2D eigenvalue weighted by molar-refractivity contribution is 0.0667. The molecule has 0 radical (unpaired) electrons. The van der Waals surface area contributed by atoms with Crippen LogP contribution in [0.4, 0.5) is 0 Å². The summed E-state index contributed by atoms with van der Waals surface area (Å²) in [5.41, 5.74) is 1.29. The highest BCUT2D eigenvalue weighted by atomic mass is 16.3. The van der Waals surface area contributed by atoms with E-state index in [0.717, 1.165) is 11.0 Å². The maximum atomic E-state index is 12.6. The van der Waals surface area contributed by atoms with Gasteiger partial charge in [0.25, 0.3) is 11.8 Å². The SMILES string of the molecule is CC(C)n1ncc2cc(C(=O)NC3CCN(C(=O)c4ccco4)CC3)cnc21. The molecule has 3 aromatic heterocycles. The number of pyridine rings is 1. The number of carbonyl (C=O) groups is 2. The fourth-order valence-electron chi connectivity index (χ4n) is 3.49. The fraction of sp³-hybridized carbons (Fsp3) is 0.400. The monoisotopic (exact) mass is 381 g/mol. The Labute approximate surface area is 162 Å². The van der Waals surface area contributed by atoms with E-state index in [-0.39, 0.29) is 23.9 Å². The van der Waals surface area contributed by atoms with Gasteiger partial charge in [-0.3, -0.25) is 9.59 Å². The zero-order valence-corrected chi connectivity index (χ0v) is 16.0. The van der Waals surface area contributed by atoms with Crippen LogP contribution < -0.4 is 5.32 Å². The third-order valence-electron chi connectivity index (χ3n) is 5.03. The molecule has 8 nitrogen and oxygen atoms in total. The molecule has 4 rings (SSSR count). The first-order valence-electron chi connectivity index (χ1n) is 9.50. The standard InChI is InChI=1S/C20H23N5O3/c1-13(2)25-18-14(12-22-25)10-15(11-21-18)19(26)23-16-5-7-24(8-6-16)20(27)17-4-3-9-28-17/h3-4,9-13,16H,5-8H2,1-2H3,(H,23,26). The van der Waals surface area contributed by atoms with Gasteiger partial charge in [-0.15, -0.1) is 0 Å². The van der Waals surface area contributed by atoms with Crippen LogP contribution in [0.25, 0.3) is 11.0 Å². The van der Waals surface area contributed by atoms with Gasteiger partial charge in [-0.05, 0) is 44.9 Å². The Morgan fingerprint density at radius 2 is 2.04 bits per heavy atom. The summed E-state index contributed by atoms with van der Waals surface area (Å²) in [4.78, 5) is 31.1. The lowest BCUT2D eigenvalue weighted by Gasteiger charge is -2.31. The van der Waals surface area contributed by atoms with Gasteiger partial charge in [0.15, 0.2) is 11.4 Å². The molecule has 1 aliphatic rings. The van der Waals surface area contributed by atoms with Gasteiger partial charge in [-0.25, -0.2) is 9.67 Å². The van der Waals surface area contributed by atoms with Crippen molar-refractivity contribution in [3.63, 3.8) is 0 Å². The Kier molecular flexibility index (Phi) is 4.85. The highest BCUT2D eigenvalue weighted by Crippen LogP contribution is 2.18. The van der Waals surface area contributed by atoms with E-state index in [2.05, 4.69) is 15.4 Å². The quantitative estimate of drug-likeness (QED) is 0.750. The third-order valence-corrected chi connectivity index (χ3v) is 5.03. The molecule has 1 N–H and O–H groups in total. The predicted octanol–water partition coefficient (Wildman–Crippen LogP) is 2.64. The molecule has 0 bridgehead atoms. The van der Waals surface area contributed by atoms with Crippen LogP contribution >= 0.6 is 0 Å². The molecule has 1 aliphatic heterocycles. The summed E-state index contributed by atoms with van der Waals surface area (Å²) in [6.45, 7) is 5.25. The van der Waals surface area contributed by atoms with E-state index in [1.54, 1.807) is 29.4 Å². The molecule has 28 heavy (non-hydrogen) atoms. The second kappa shape index (κ2) is 7.46. The second-order valence-electron chi connectivity index (χ2n) is 7.34. The maximum Gasteiger partial charge on any atom is 0.289 e. The second-order valence-corrected chi connectivity index (χ2v) is 7.34. The number of fused-ring (bicyclic) bond motifs is 1. The van der Waals surface area contributed by atoms with Crippen molar-refractivity contribution in [1.29, 1.82) is 0 Å². The normalized spacial score (nSPS) is 15.3. The summed E-state index contributed by atoms with van der Waals surface area (Å²) in [6, 6.07) is 5.43. The zero-order valence-electron chi connectivity index (χ0n) is 16.0. The Hall–Kier alpha value is -3.16. The molecule has 1 saturated heterocycles. The number of furan rings is 1. The number of nitrogens with one attached hydrogen (secondary N) is 1. The van der Waals surface area contributed by atoms with E-state index in [4.69, 9.17) is 4.42 Å². The van der Waals surface area contributed by atoms with Gasteiger partial charge in [0.2, 0.25) is 0 Å². The van der Waals surface area contributed by atoms with Crippen LogP contribution in [-0.2, 0) is 0 Å². The van der Waals surface area contributed by atoms with Crippen molar-refractivity contribution in [2.75, 3.05) is 13.1 Å². The molecule has 2 amide bonds. The maximum absolute atomic E-state index is 12.6. The molecule has 146 valence electrons. The molecule has 0 atom stereocenters. The van der Waals surface area contributed by atoms with Crippen molar-refractivity contribution in [2.45, 2.75) is 38.8 Å². The van der Waals surface area contributed by atoms with Crippen LogP contribution in [0.15, 0.2) is 41.3 Å².